The fourth-order valence-corrected chi connectivity index (χ4v) is 4.50. The van der Waals surface area contributed by atoms with Crippen molar-refractivity contribution >= 4 is 50.9 Å². The SMILES string of the molecule is O=S(=O)(c1ccc(Cl)c(NC(=S)N/N=C\c2c(F)c(F)c(F)c(F)c2F)c1)N1CCOCC1. The Hall–Kier alpha value is -2.39. The van der Waals surface area contributed by atoms with Gasteiger partial charge in [-0.1, -0.05) is 11.6 Å². The van der Waals surface area contributed by atoms with Gasteiger partial charge in [0.2, 0.25) is 15.8 Å². The van der Waals surface area contributed by atoms with Crippen LogP contribution in [-0.2, 0) is 14.8 Å². The summed E-state index contributed by atoms with van der Waals surface area (Å²) >= 11 is 11.0. The van der Waals surface area contributed by atoms with Crippen LogP contribution in [0.15, 0.2) is 28.2 Å². The summed E-state index contributed by atoms with van der Waals surface area (Å²) in [4.78, 5) is -0.0796. The molecule has 0 aliphatic carbocycles. The third-order valence-corrected chi connectivity index (χ3v) is 6.81. The lowest BCUT2D eigenvalue weighted by atomic mass is 10.2. The Bertz CT molecular complexity index is 1200. The van der Waals surface area contributed by atoms with Crippen molar-refractivity contribution in [3.05, 3.63) is 57.9 Å². The molecule has 0 aromatic heterocycles. The molecule has 0 saturated carbocycles. The van der Waals surface area contributed by atoms with Crippen LogP contribution in [0.5, 0.6) is 0 Å². The van der Waals surface area contributed by atoms with Gasteiger partial charge in [0.1, 0.15) is 0 Å². The van der Waals surface area contributed by atoms with Crippen molar-refractivity contribution in [2.24, 2.45) is 5.10 Å². The Morgan fingerprint density at radius 1 is 1.06 bits per heavy atom. The second-order valence-corrected chi connectivity index (χ2v) is 9.22. The summed E-state index contributed by atoms with van der Waals surface area (Å²) in [7, 11) is -3.83. The molecule has 2 N–H and O–H groups in total. The number of thiocarbonyl (C=S) groups is 1. The van der Waals surface area contributed by atoms with Crippen LogP contribution in [0.25, 0.3) is 0 Å². The molecule has 178 valence electrons. The molecule has 3 rings (SSSR count). The first-order valence-electron chi connectivity index (χ1n) is 9.03. The van der Waals surface area contributed by atoms with E-state index in [0.717, 1.165) is 0 Å². The van der Waals surface area contributed by atoms with E-state index in [1.54, 1.807) is 0 Å². The number of hydrogen-bond acceptors (Lipinski definition) is 5. The van der Waals surface area contributed by atoms with Gasteiger partial charge in [0.15, 0.2) is 28.4 Å². The highest BCUT2D eigenvalue weighted by molar-refractivity contribution is 7.89. The van der Waals surface area contributed by atoms with Crippen LogP contribution in [0, 0.1) is 29.1 Å². The summed E-state index contributed by atoms with van der Waals surface area (Å²) < 4.78 is 98.8. The first-order valence-corrected chi connectivity index (χ1v) is 11.3. The summed E-state index contributed by atoms with van der Waals surface area (Å²) in [5.41, 5.74) is 0.905. The lowest BCUT2D eigenvalue weighted by molar-refractivity contribution is 0.0730. The van der Waals surface area contributed by atoms with E-state index >= 15 is 0 Å². The molecule has 0 radical (unpaired) electrons. The highest BCUT2D eigenvalue weighted by Crippen LogP contribution is 2.27. The number of hydrogen-bond donors (Lipinski definition) is 2. The van der Waals surface area contributed by atoms with Crippen LogP contribution < -0.4 is 10.7 Å². The molecule has 33 heavy (non-hydrogen) atoms. The smallest absolute Gasteiger partial charge is 0.243 e. The second-order valence-electron chi connectivity index (χ2n) is 6.47. The van der Waals surface area contributed by atoms with Crippen LogP contribution in [-0.4, -0.2) is 50.4 Å². The molecule has 0 spiro atoms. The zero-order valence-electron chi connectivity index (χ0n) is 16.3. The van der Waals surface area contributed by atoms with Gasteiger partial charge in [0.25, 0.3) is 0 Å². The van der Waals surface area contributed by atoms with Crippen molar-refractivity contribution in [2.45, 2.75) is 4.90 Å². The van der Waals surface area contributed by atoms with Crippen LogP contribution in [0.2, 0.25) is 5.02 Å². The Morgan fingerprint density at radius 3 is 2.24 bits per heavy atom. The Morgan fingerprint density at radius 2 is 1.64 bits per heavy atom. The Labute approximate surface area is 195 Å². The van der Waals surface area contributed by atoms with E-state index in [0.29, 0.717) is 6.21 Å². The van der Waals surface area contributed by atoms with E-state index in [2.05, 4.69) is 15.8 Å². The number of sulfonamides is 1. The molecule has 7 nitrogen and oxygen atoms in total. The van der Waals surface area contributed by atoms with E-state index in [4.69, 9.17) is 28.6 Å². The number of ether oxygens (including phenoxy) is 1. The number of morpholine rings is 1. The maximum Gasteiger partial charge on any atom is 0.243 e. The first-order chi connectivity index (χ1) is 15.5. The van der Waals surface area contributed by atoms with Crippen molar-refractivity contribution < 1.29 is 35.1 Å². The normalized spacial score (nSPS) is 15.1. The second kappa shape index (κ2) is 10.3. The van der Waals surface area contributed by atoms with E-state index in [-0.39, 0.29) is 47.0 Å². The zero-order chi connectivity index (χ0) is 24.3. The molecule has 0 atom stereocenters. The topological polar surface area (TPSA) is 83.0 Å². The largest absolute Gasteiger partial charge is 0.379 e. The molecule has 1 saturated heterocycles. The van der Waals surface area contributed by atoms with Crippen molar-refractivity contribution in [1.29, 1.82) is 0 Å². The maximum absolute atomic E-state index is 13.7. The maximum atomic E-state index is 13.7. The number of nitrogens with one attached hydrogen (secondary N) is 2. The van der Waals surface area contributed by atoms with E-state index in [1.165, 1.54) is 22.5 Å². The van der Waals surface area contributed by atoms with Crippen molar-refractivity contribution in [1.82, 2.24) is 9.73 Å². The molecule has 15 heteroatoms. The van der Waals surface area contributed by atoms with Gasteiger partial charge >= 0.3 is 0 Å². The predicted molar refractivity (Wildman–Crippen MR) is 114 cm³/mol. The van der Waals surface area contributed by atoms with Gasteiger partial charge in [0.05, 0.1) is 40.6 Å². The van der Waals surface area contributed by atoms with Crippen LogP contribution in [0.1, 0.15) is 5.56 Å². The summed E-state index contributed by atoms with van der Waals surface area (Å²) in [6.45, 7) is 0.875. The van der Waals surface area contributed by atoms with Gasteiger partial charge in [-0.2, -0.15) is 9.41 Å². The fraction of sp³-hybridized carbons (Fsp3) is 0.222. The summed E-state index contributed by atoms with van der Waals surface area (Å²) in [6.07, 6.45) is 0.352. The monoisotopic (exact) mass is 528 g/mol. The van der Waals surface area contributed by atoms with Crippen molar-refractivity contribution in [3.63, 3.8) is 0 Å². The number of nitrogens with zero attached hydrogens (tertiary/aromatic N) is 2. The van der Waals surface area contributed by atoms with Gasteiger partial charge in [-0.15, -0.1) is 0 Å². The minimum Gasteiger partial charge on any atom is -0.379 e. The molecule has 1 aliphatic heterocycles. The summed E-state index contributed by atoms with van der Waals surface area (Å²) in [6, 6.07) is 3.84. The van der Waals surface area contributed by atoms with Crippen LogP contribution in [0.4, 0.5) is 27.6 Å². The molecule has 0 bridgehead atoms. The molecular formula is C18H14ClF5N4O3S2. The molecule has 1 aliphatic rings. The molecule has 1 heterocycles. The Balaban J connectivity index is 1.74. The molecule has 1 fully saturated rings. The number of anilines is 1. The van der Waals surface area contributed by atoms with Gasteiger partial charge in [-0.3, -0.25) is 5.43 Å². The van der Waals surface area contributed by atoms with Crippen LogP contribution in [0.3, 0.4) is 0 Å². The van der Waals surface area contributed by atoms with Crippen molar-refractivity contribution in [2.75, 3.05) is 31.6 Å². The van der Waals surface area contributed by atoms with Crippen LogP contribution >= 0.6 is 23.8 Å². The summed E-state index contributed by atoms with van der Waals surface area (Å²) in [5, 5.41) is 5.67. The van der Waals surface area contributed by atoms with E-state index in [9.17, 15) is 30.4 Å². The highest BCUT2D eigenvalue weighted by Gasteiger charge is 2.27. The highest BCUT2D eigenvalue weighted by atomic mass is 35.5. The van der Waals surface area contributed by atoms with Gasteiger partial charge in [0, 0.05) is 13.1 Å². The number of halogens is 6. The molecule has 2 aromatic carbocycles. The lowest BCUT2D eigenvalue weighted by Gasteiger charge is -2.26. The molecule has 0 unspecified atom stereocenters. The average Bonchev–Trinajstić information content (AvgIpc) is 2.80. The third kappa shape index (κ3) is 5.41. The average molecular weight is 529 g/mol. The standard InChI is InChI=1S/C18H14ClF5N4O3S2/c19-11-2-1-9(33(29,30)28-3-5-31-6-4-28)7-12(11)26-18(32)27-25-8-10-13(20)15(22)17(24)16(23)14(10)21/h1-2,7-8H,3-6H2,(H2,26,27,32)/b25-8-. The minimum atomic E-state index is -3.83. The van der Waals surface area contributed by atoms with E-state index < -0.39 is 44.7 Å². The third-order valence-electron chi connectivity index (χ3n) is 4.40. The quantitative estimate of drug-likeness (QED) is 0.155. The number of hydrazone groups is 1. The van der Waals surface area contributed by atoms with Crippen molar-refractivity contribution in [3.8, 4) is 0 Å². The molecule has 0 amide bonds. The van der Waals surface area contributed by atoms with Gasteiger partial charge in [-0.05, 0) is 30.4 Å². The summed E-state index contributed by atoms with van der Waals surface area (Å²) in [5.74, 6) is -10.7. The Kier molecular flexibility index (Phi) is 7.84. The molecule has 2 aromatic rings. The van der Waals surface area contributed by atoms with Gasteiger partial charge < -0.3 is 10.1 Å². The van der Waals surface area contributed by atoms with E-state index in [1.807, 2.05) is 0 Å². The minimum absolute atomic E-state index is 0.0648. The molecular weight excluding hydrogens is 515 g/mol. The number of benzene rings is 2. The fourth-order valence-electron chi connectivity index (χ4n) is 2.74. The lowest BCUT2D eigenvalue weighted by Crippen LogP contribution is -2.40. The first kappa shape index (κ1) is 25.2. The van der Waals surface area contributed by atoms with Gasteiger partial charge in [-0.25, -0.2) is 30.4 Å². The number of rotatable bonds is 5. The zero-order valence-corrected chi connectivity index (χ0v) is 18.7. The predicted octanol–water partition coefficient (Wildman–Crippen LogP) is 3.38.